The van der Waals surface area contributed by atoms with Gasteiger partial charge in [0.25, 0.3) is 0 Å². The van der Waals surface area contributed by atoms with Crippen molar-refractivity contribution in [2.45, 2.75) is 57.8 Å². The standard InChI is InChI=1S/C25H28O4/c1-23(2,17-9-7-15-26-17)19-11-13-21(28-19)25(5,6)22-14-12-20(29-22)24(3,4)18-10-8-16-27-18/h7-16H,1-6H3. The minimum atomic E-state index is -0.422. The van der Waals surface area contributed by atoms with Gasteiger partial charge in [-0.3, -0.25) is 0 Å². The van der Waals surface area contributed by atoms with Crippen LogP contribution in [0.4, 0.5) is 0 Å². The molecule has 4 heteroatoms. The van der Waals surface area contributed by atoms with Crippen LogP contribution < -0.4 is 0 Å². The molecule has 0 aliphatic carbocycles. The topological polar surface area (TPSA) is 52.6 Å². The molecule has 4 heterocycles. The van der Waals surface area contributed by atoms with Crippen molar-refractivity contribution < 1.29 is 17.7 Å². The number of rotatable bonds is 6. The van der Waals surface area contributed by atoms with E-state index in [0.29, 0.717) is 0 Å². The van der Waals surface area contributed by atoms with Crippen LogP contribution in [-0.4, -0.2) is 0 Å². The summed E-state index contributed by atoms with van der Waals surface area (Å²) in [5.41, 5.74) is -1.13. The lowest BCUT2D eigenvalue weighted by atomic mass is 9.87. The monoisotopic (exact) mass is 392 g/mol. The predicted octanol–water partition coefficient (Wildman–Crippen LogP) is 7.04. The molecule has 0 radical (unpaired) electrons. The SMILES string of the molecule is CC(C)(c1ccco1)c1ccc(C(C)(C)c2ccc(C(C)(C)c3ccco3)o2)o1. The molecule has 0 aliphatic rings. The van der Waals surface area contributed by atoms with Crippen LogP contribution in [-0.2, 0) is 16.2 Å². The molecule has 4 nitrogen and oxygen atoms in total. The second kappa shape index (κ2) is 6.58. The Kier molecular flexibility index (Phi) is 4.41. The molecular formula is C25H28O4. The first-order chi connectivity index (χ1) is 13.6. The number of hydrogen-bond acceptors (Lipinski definition) is 4. The zero-order chi connectivity index (χ0) is 20.9. The summed E-state index contributed by atoms with van der Waals surface area (Å²) < 4.78 is 23.9. The van der Waals surface area contributed by atoms with Gasteiger partial charge >= 0.3 is 0 Å². The maximum Gasteiger partial charge on any atom is 0.117 e. The Labute approximate surface area is 171 Å². The third-order valence-electron chi connectivity index (χ3n) is 5.95. The minimum Gasteiger partial charge on any atom is -0.468 e. The molecule has 0 aromatic carbocycles. The molecule has 152 valence electrons. The van der Waals surface area contributed by atoms with Gasteiger partial charge in [0.15, 0.2) is 0 Å². The van der Waals surface area contributed by atoms with Crippen LogP contribution in [0.5, 0.6) is 0 Å². The quantitative estimate of drug-likeness (QED) is 0.353. The van der Waals surface area contributed by atoms with Crippen LogP contribution >= 0.6 is 0 Å². The molecule has 0 unspecified atom stereocenters. The first-order valence-corrected chi connectivity index (χ1v) is 9.93. The fourth-order valence-electron chi connectivity index (χ4n) is 3.65. The van der Waals surface area contributed by atoms with Crippen LogP contribution in [0.1, 0.15) is 76.1 Å². The summed E-state index contributed by atoms with van der Waals surface area (Å²) in [6, 6.07) is 15.9. The normalized spacial score (nSPS) is 13.2. The molecular weight excluding hydrogens is 364 g/mol. The lowest BCUT2D eigenvalue weighted by molar-refractivity contribution is 0.296. The Morgan fingerprint density at radius 3 is 1.03 bits per heavy atom. The van der Waals surface area contributed by atoms with Gasteiger partial charge in [-0.25, -0.2) is 0 Å². The molecule has 0 fully saturated rings. The van der Waals surface area contributed by atoms with E-state index < -0.39 is 5.41 Å². The maximum absolute atomic E-state index is 6.32. The Bertz CT molecular complexity index is 983. The summed E-state index contributed by atoms with van der Waals surface area (Å²) in [4.78, 5) is 0. The summed E-state index contributed by atoms with van der Waals surface area (Å²) in [7, 11) is 0. The van der Waals surface area contributed by atoms with E-state index in [1.54, 1.807) is 12.5 Å². The first-order valence-electron chi connectivity index (χ1n) is 9.93. The third kappa shape index (κ3) is 3.17. The zero-order valence-corrected chi connectivity index (χ0v) is 17.9. The van der Waals surface area contributed by atoms with Crippen molar-refractivity contribution in [2.24, 2.45) is 0 Å². The Hall–Kier alpha value is -2.88. The average Bonchev–Trinajstić information content (AvgIpc) is 3.50. The predicted molar refractivity (Wildman–Crippen MR) is 111 cm³/mol. The van der Waals surface area contributed by atoms with E-state index in [-0.39, 0.29) is 10.8 Å². The zero-order valence-electron chi connectivity index (χ0n) is 17.9. The maximum atomic E-state index is 6.32. The third-order valence-corrected chi connectivity index (χ3v) is 5.95. The van der Waals surface area contributed by atoms with Crippen LogP contribution in [0.25, 0.3) is 0 Å². The van der Waals surface area contributed by atoms with E-state index in [1.165, 1.54) is 0 Å². The highest BCUT2D eigenvalue weighted by Gasteiger charge is 2.37. The Balaban J connectivity index is 1.65. The van der Waals surface area contributed by atoms with E-state index in [1.807, 2.05) is 48.5 Å². The van der Waals surface area contributed by atoms with E-state index >= 15 is 0 Å². The highest BCUT2D eigenvalue weighted by atomic mass is 16.4. The largest absolute Gasteiger partial charge is 0.468 e. The summed E-state index contributed by atoms with van der Waals surface area (Å²) >= 11 is 0. The molecule has 29 heavy (non-hydrogen) atoms. The van der Waals surface area contributed by atoms with Gasteiger partial charge in [0, 0.05) is 0 Å². The van der Waals surface area contributed by atoms with E-state index in [4.69, 9.17) is 17.7 Å². The van der Waals surface area contributed by atoms with E-state index in [9.17, 15) is 0 Å². The molecule has 0 saturated heterocycles. The second-order valence-electron chi connectivity index (χ2n) is 9.16. The highest BCUT2D eigenvalue weighted by Crippen LogP contribution is 2.41. The van der Waals surface area contributed by atoms with Crippen LogP contribution in [0, 0.1) is 0 Å². The van der Waals surface area contributed by atoms with Crippen LogP contribution in [0.15, 0.2) is 78.7 Å². The molecule has 0 N–H and O–H groups in total. The molecule has 4 aromatic heterocycles. The molecule has 0 spiro atoms. The van der Waals surface area contributed by atoms with Crippen LogP contribution in [0.2, 0.25) is 0 Å². The van der Waals surface area contributed by atoms with E-state index in [0.717, 1.165) is 34.6 Å². The summed E-state index contributed by atoms with van der Waals surface area (Å²) in [5, 5.41) is 0. The minimum absolute atomic E-state index is 0.354. The lowest BCUT2D eigenvalue weighted by Gasteiger charge is -2.23. The van der Waals surface area contributed by atoms with Gasteiger partial charge < -0.3 is 17.7 Å². The van der Waals surface area contributed by atoms with E-state index in [2.05, 4.69) is 41.5 Å². The first kappa shape index (κ1) is 19.4. The van der Waals surface area contributed by atoms with Crippen molar-refractivity contribution in [1.82, 2.24) is 0 Å². The molecule has 0 aliphatic heterocycles. The Morgan fingerprint density at radius 1 is 0.448 bits per heavy atom. The van der Waals surface area contributed by atoms with Gasteiger partial charge in [0.05, 0.1) is 28.8 Å². The van der Waals surface area contributed by atoms with Crippen molar-refractivity contribution >= 4 is 0 Å². The molecule has 4 aromatic rings. The van der Waals surface area contributed by atoms with Gasteiger partial charge in [0.2, 0.25) is 0 Å². The molecule has 0 amide bonds. The number of furan rings is 4. The highest BCUT2D eigenvalue weighted by molar-refractivity contribution is 5.34. The Morgan fingerprint density at radius 2 is 0.759 bits per heavy atom. The second-order valence-corrected chi connectivity index (χ2v) is 9.16. The van der Waals surface area contributed by atoms with Gasteiger partial charge in [0.1, 0.15) is 34.6 Å². The van der Waals surface area contributed by atoms with Crippen molar-refractivity contribution in [3.63, 3.8) is 0 Å². The summed E-state index contributed by atoms with van der Waals surface area (Å²) in [6.07, 6.45) is 3.38. The van der Waals surface area contributed by atoms with Crippen molar-refractivity contribution in [3.8, 4) is 0 Å². The summed E-state index contributed by atoms with van der Waals surface area (Å²) in [6.45, 7) is 12.6. The molecule has 0 saturated carbocycles. The van der Waals surface area contributed by atoms with Gasteiger partial charge in [-0.15, -0.1) is 0 Å². The molecule has 0 bridgehead atoms. The smallest absolute Gasteiger partial charge is 0.117 e. The van der Waals surface area contributed by atoms with Gasteiger partial charge in [-0.05, 0) is 90.1 Å². The number of hydrogen-bond donors (Lipinski definition) is 0. The summed E-state index contributed by atoms with van der Waals surface area (Å²) in [5.74, 6) is 5.16. The van der Waals surface area contributed by atoms with Crippen molar-refractivity contribution in [1.29, 1.82) is 0 Å². The van der Waals surface area contributed by atoms with Crippen molar-refractivity contribution in [3.05, 3.63) is 95.6 Å². The molecule has 0 atom stereocenters. The van der Waals surface area contributed by atoms with Crippen molar-refractivity contribution in [2.75, 3.05) is 0 Å². The fourth-order valence-corrected chi connectivity index (χ4v) is 3.65. The molecule has 4 rings (SSSR count). The lowest BCUT2D eigenvalue weighted by Crippen LogP contribution is -2.20. The van der Waals surface area contributed by atoms with Gasteiger partial charge in [-0.1, -0.05) is 0 Å². The fraction of sp³-hybridized carbons (Fsp3) is 0.360. The van der Waals surface area contributed by atoms with Gasteiger partial charge in [-0.2, -0.15) is 0 Å². The average molecular weight is 392 g/mol. The van der Waals surface area contributed by atoms with Crippen LogP contribution in [0.3, 0.4) is 0 Å².